The Morgan fingerprint density at radius 1 is 1.45 bits per heavy atom. The van der Waals surface area contributed by atoms with Crippen molar-refractivity contribution in [2.75, 3.05) is 0 Å². The quantitative estimate of drug-likeness (QED) is 0.504. The lowest BCUT2D eigenvalue weighted by atomic mass is 10.2. The molecular weight excluding hydrogens is 226 g/mol. The van der Waals surface area contributed by atoms with Crippen molar-refractivity contribution < 1.29 is 4.18 Å². The summed E-state index contributed by atoms with van der Waals surface area (Å²) >= 11 is 4.46. The van der Waals surface area contributed by atoms with E-state index in [4.69, 9.17) is 4.18 Å². The van der Waals surface area contributed by atoms with Gasteiger partial charge in [0.1, 0.15) is 5.75 Å². The Hall–Kier alpha value is -0.480. The Morgan fingerprint density at radius 3 is 3.27 bits per heavy atom. The number of hydrogen-bond acceptors (Lipinski definition) is 3. The van der Waals surface area contributed by atoms with Crippen LogP contribution in [0.3, 0.4) is 0 Å². The highest BCUT2D eigenvalue weighted by Crippen LogP contribution is 2.28. The molecule has 0 spiro atoms. The molecule has 1 aromatic carbocycles. The average Bonchev–Trinajstić information content (AvgIpc) is 2.04. The molecule has 56 valence electrons. The first-order valence-corrected chi connectivity index (χ1v) is 4.52. The van der Waals surface area contributed by atoms with Gasteiger partial charge in [0.15, 0.2) is 0 Å². The fourth-order valence-electron chi connectivity index (χ4n) is 0.836. The zero-order valence-electron chi connectivity index (χ0n) is 5.45. The predicted octanol–water partition coefficient (Wildman–Crippen LogP) is 2.82. The van der Waals surface area contributed by atoms with Gasteiger partial charge in [0.25, 0.3) is 0 Å². The fraction of sp³-hybridized carbons (Fsp3) is 0. The number of nitrogens with zero attached hydrogens (tertiary/aromatic N) is 1. The zero-order valence-corrected chi connectivity index (χ0v) is 7.85. The molecule has 2 nitrogen and oxygen atoms in total. The first-order chi connectivity index (χ1) is 5.36. The van der Waals surface area contributed by atoms with Gasteiger partial charge < -0.3 is 4.18 Å². The van der Waals surface area contributed by atoms with E-state index in [1.54, 1.807) is 6.21 Å². The van der Waals surface area contributed by atoms with Gasteiger partial charge >= 0.3 is 0 Å². The third-order valence-corrected chi connectivity index (χ3v) is 2.27. The molecule has 4 heteroatoms. The van der Waals surface area contributed by atoms with E-state index in [2.05, 4.69) is 20.3 Å². The lowest BCUT2D eigenvalue weighted by Crippen LogP contribution is -1.92. The number of hydrogen-bond donors (Lipinski definition) is 0. The molecule has 0 radical (unpaired) electrons. The van der Waals surface area contributed by atoms with Gasteiger partial charge in [0.05, 0.1) is 0 Å². The summed E-state index contributed by atoms with van der Waals surface area (Å²) in [6.45, 7) is 0. The molecule has 0 saturated heterocycles. The van der Waals surface area contributed by atoms with Crippen LogP contribution in [-0.2, 0) is 0 Å². The largest absolute Gasteiger partial charge is 0.403 e. The van der Waals surface area contributed by atoms with Gasteiger partial charge in [-0.2, -0.15) is 4.40 Å². The number of rotatable bonds is 0. The first kappa shape index (κ1) is 7.18. The molecule has 1 aliphatic heterocycles. The minimum atomic E-state index is 0.869. The van der Waals surface area contributed by atoms with E-state index >= 15 is 0 Å². The summed E-state index contributed by atoms with van der Waals surface area (Å²) in [5.74, 6) is 0.869. The smallest absolute Gasteiger partial charge is 0.201 e. The van der Waals surface area contributed by atoms with Crippen molar-refractivity contribution in [2.45, 2.75) is 0 Å². The molecule has 0 saturated carbocycles. The van der Waals surface area contributed by atoms with Crippen LogP contribution in [0.4, 0.5) is 0 Å². The van der Waals surface area contributed by atoms with Crippen LogP contribution in [0.2, 0.25) is 0 Å². The van der Waals surface area contributed by atoms with Gasteiger partial charge in [-0.15, -0.1) is 0 Å². The van der Waals surface area contributed by atoms with E-state index in [0.29, 0.717) is 0 Å². The molecule has 0 atom stereocenters. The molecule has 0 unspecified atom stereocenters. The Labute approximate surface area is 77.1 Å². The van der Waals surface area contributed by atoms with Crippen molar-refractivity contribution in [2.24, 2.45) is 4.40 Å². The zero-order chi connectivity index (χ0) is 7.68. The van der Waals surface area contributed by atoms with Crippen LogP contribution in [0.15, 0.2) is 27.1 Å². The van der Waals surface area contributed by atoms with E-state index in [1.807, 2.05) is 18.2 Å². The maximum absolute atomic E-state index is 5.18. The summed E-state index contributed by atoms with van der Waals surface area (Å²) in [5, 5.41) is 0. The molecule has 1 aliphatic rings. The SMILES string of the molecule is Brc1ccc2c(c1)C=NSO2. The molecule has 0 N–H and O–H groups in total. The van der Waals surface area contributed by atoms with Crippen LogP contribution >= 0.6 is 28.2 Å². The summed E-state index contributed by atoms with van der Waals surface area (Å²) in [6.07, 6.45) is 1.79. The summed E-state index contributed by atoms with van der Waals surface area (Å²) in [5.41, 5.74) is 1.01. The summed E-state index contributed by atoms with van der Waals surface area (Å²) in [6, 6.07) is 5.83. The van der Waals surface area contributed by atoms with Gasteiger partial charge in [-0.25, -0.2) is 0 Å². The molecule has 0 bridgehead atoms. The van der Waals surface area contributed by atoms with Gasteiger partial charge in [-0.1, -0.05) is 15.9 Å². The van der Waals surface area contributed by atoms with Crippen LogP contribution in [0.25, 0.3) is 0 Å². The van der Waals surface area contributed by atoms with Crippen molar-refractivity contribution in [3.63, 3.8) is 0 Å². The van der Waals surface area contributed by atoms with Crippen LogP contribution < -0.4 is 4.18 Å². The molecule has 0 fully saturated rings. The van der Waals surface area contributed by atoms with E-state index < -0.39 is 0 Å². The lowest BCUT2D eigenvalue weighted by Gasteiger charge is -2.08. The van der Waals surface area contributed by atoms with Crippen molar-refractivity contribution in [3.8, 4) is 5.75 Å². The van der Waals surface area contributed by atoms with Gasteiger partial charge in [0.2, 0.25) is 12.2 Å². The van der Waals surface area contributed by atoms with Gasteiger partial charge in [-0.05, 0) is 18.2 Å². The molecule has 0 amide bonds. The third-order valence-electron chi connectivity index (χ3n) is 1.33. The Morgan fingerprint density at radius 2 is 2.36 bits per heavy atom. The standard InChI is InChI=1S/C7H4BrNOS/c8-6-1-2-7-5(3-6)4-9-11-10-7/h1-4H. The average molecular weight is 230 g/mol. The molecule has 1 heterocycles. The van der Waals surface area contributed by atoms with Crippen LogP contribution in [0.5, 0.6) is 5.75 Å². The van der Waals surface area contributed by atoms with Gasteiger partial charge in [0, 0.05) is 16.3 Å². The molecule has 1 aromatic rings. The Balaban J connectivity index is 2.54. The molecule has 0 aromatic heterocycles. The monoisotopic (exact) mass is 229 g/mol. The maximum Gasteiger partial charge on any atom is 0.201 e. The van der Waals surface area contributed by atoms with Crippen molar-refractivity contribution >= 4 is 34.4 Å². The van der Waals surface area contributed by atoms with Crippen molar-refractivity contribution in [3.05, 3.63) is 28.2 Å². The van der Waals surface area contributed by atoms with Gasteiger partial charge in [-0.3, -0.25) is 0 Å². The predicted molar refractivity (Wildman–Crippen MR) is 50.0 cm³/mol. The summed E-state index contributed by atoms with van der Waals surface area (Å²) in [7, 11) is 0. The Bertz CT molecular complexity index is 313. The third kappa shape index (κ3) is 1.41. The summed E-state index contributed by atoms with van der Waals surface area (Å²) in [4.78, 5) is 0. The van der Waals surface area contributed by atoms with E-state index in [1.165, 1.54) is 0 Å². The lowest BCUT2D eigenvalue weighted by molar-refractivity contribution is 0.643. The second-order valence-electron chi connectivity index (χ2n) is 2.07. The highest BCUT2D eigenvalue weighted by atomic mass is 79.9. The minimum absolute atomic E-state index is 0.869. The number of benzene rings is 1. The fourth-order valence-corrected chi connectivity index (χ4v) is 1.65. The minimum Gasteiger partial charge on any atom is -0.403 e. The second-order valence-corrected chi connectivity index (χ2v) is 3.52. The highest BCUT2D eigenvalue weighted by Gasteiger charge is 2.06. The van der Waals surface area contributed by atoms with E-state index in [0.717, 1.165) is 28.0 Å². The van der Waals surface area contributed by atoms with Crippen LogP contribution in [0, 0.1) is 0 Å². The first-order valence-electron chi connectivity index (χ1n) is 3.03. The molecule has 11 heavy (non-hydrogen) atoms. The molecule has 2 rings (SSSR count). The molecular formula is C7H4BrNOS. The number of fused-ring (bicyclic) bond motifs is 1. The van der Waals surface area contributed by atoms with Crippen LogP contribution in [-0.4, -0.2) is 6.21 Å². The summed E-state index contributed by atoms with van der Waals surface area (Å²) < 4.78 is 10.1. The highest BCUT2D eigenvalue weighted by molar-refractivity contribution is 9.10. The van der Waals surface area contributed by atoms with E-state index in [-0.39, 0.29) is 0 Å². The van der Waals surface area contributed by atoms with Crippen molar-refractivity contribution in [1.82, 2.24) is 0 Å². The normalized spacial score (nSPS) is 13.9. The Kier molecular flexibility index (Phi) is 1.87. The topological polar surface area (TPSA) is 21.6 Å². The van der Waals surface area contributed by atoms with Crippen molar-refractivity contribution in [1.29, 1.82) is 0 Å². The van der Waals surface area contributed by atoms with E-state index in [9.17, 15) is 0 Å². The number of halogens is 1. The van der Waals surface area contributed by atoms with Crippen LogP contribution in [0.1, 0.15) is 5.56 Å². The molecule has 0 aliphatic carbocycles. The maximum atomic E-state index is 5.18. The second kappa shape index (κ2) is 2.87.